The third kappa shape index (κ3) is 6.31. The van der Waals surface area contributed by atoms with E-state index in [1.807, 2.05) is 24.3 Å². The minimum Gasteiger partial charge on any atom is -0.465 e. The molecule has 2 aromatic rings. The Balaban J connectivity index is 2.24. The van der Waals surface area contributed by atoms with Crippen molar-refractivity contribution < 1.29 is 19.1 Å². The summed E-state index contributed by atoms with van der Waals surface area (Å²) in [5.74, 6) is -0.262. The Morgan fingerprint density at radius 3 is 2.54 bits per heavy atom. The summed E-state index contributed by atoms with van der Waals surface area (Å²) < 4.78 is 11.5. The van der Waals surface area contributed by atoms with Crippen LogP contribution in [0.2, 0.25) is 0 Å². The molecule has 0 saturated carbocycles. The van der Waals surface area contributed by atoms with E-state index in [2.05, 4.69) is 27.7 Å². The first-order valence-corrected chi connectivity index (χ1v) is 10.6. The number of fused-ring (bicyclic) bond motifs is 1. The number of esters is 1. The molecule has 2 rings (SSSR count). The van der Waals surface area contributed by atoms with Gasteiger partial charge in [-0.15, -0.1) is 11.3 Å². The zero-order chi connectivity index (χ0) is 20.7. The van der Waals surface area contributed by atoms with Crippen LogP contribution in [-0.4, -0.2) is 38.7 Å². The Kier molecular flexibility index (Phi) is 8.01. The molecule has 0 N–H and O–H groups in total. The van der Waals surface area contributed by atoms with Gasteiger partial charge in [0, 0.05) is 30.0 Å². The lowest BCUT2D eigenvalue weighted by Gasteiger charge is -2.27. The number of methoxy groups -OCH3 is 1. The van der Waals surface area contributed by atoms with Crippen molar-refractivity contribution in [1.29, 1.82) is 0 Å². The highest BCUT2D eigenvalue weighted by Crippen LogP contribution is 2.31. The minimum atomic E-state index is -0.340. The second-order valence-corrected chi connectivity index (χ2v) is 9.16. The van der Waals surface area contributed by atoms with Crippen LogP contribution in [0.4, 0.5) is 5.69 Å². The molecule has 154 valence electrons. The number of hydrogen-bond acceptors (Lipinski definition) is 5. The number of unbranched alkanes of at least 4 members (excludes halogenated alkanes) is 1. The van der Waals surface area contributed by atoms with Gasteiger partial charge in [-0.05, 0) is 41.5 Å². The van der Waals surface area contributed by atoms with Gasteiger partial charge in [0.15, 0.2) is 0 Å². The molecule has 1 aromatic heterocycles. The van der Waals surface area contributed by atoms with Gasteiger partial charge < -0.3 is 14.4 Å². The smallest absolute Gasteiger partial charge is 0.348 e. The van der Waals surface area contributed by atoms with E-state index in [0.29, 0.717) is 31.1 Å². The largest absolute Gasteiger partial charge is 0.465 e. The summed E-state index contributed by atoms with van der Waals surface area (Å²) >= 11 is 1.39. The van der Waals surface area contributed by atoms with Gasteiger partial charge in [-0.1, -0.05) is 34.1 Å². The first kappa shape index (κ1) is 22.4. The lowest BCUT2D eigenvalue weighted by molar-refractivity contribution is -0.120. The molecule has 1 heterocycles. The van der Waals surface area contributed by atoms with Crippen molar-refractivity contribution in [3.05, 3.63) is 29.1 Å². The molecule has 28 heavy (non-hydrogen) atoms. The summed E-state index contributed by atoms with van der Waals surface area (Å²) in [6.45, 7) is 10.0. The van der Waals surface area contributed by atoms with Gasteiger partial charge in [-0.2, -0.15) is 0 Å². The summed E-state index contributed by atoms with van der Waals surface area (Å²) in [6.07, 6.45) is 2.56. The number of hydrogen-bond donors (Lipinski definition) is 0. The van der Waals surface area contributed by atoms with Crippen molar-refractivity contribution in [2.75, 3.05) is 31.8 Å². The number of ether oxygens (including phenoxy) is 2. The van der Waals surface area contributed by atoms with E-state index in [-0.39, 0.29) is 17.3 Å². The predicted octanol–water partition coefficient (Wildman–Crippen LogP) is 5.27. The van der Waals surface area contributed by atoms with Gasteiger partial charge in [0.1, 0.15) is 4.88 Å². The van der Waals surface area contributed by atoms with Crippen LogP contribution in [0.25, 0.3) is 10.1 Å². The molecular weight excluding hydrogens is 374 g/mol. The summed E-state index contributed by atoms with van der Waals surface area (Å²) in [6, 6.07) is 7.67. The molecule has 0 saturated heterocycles. The zero-order valence-electron chi connectivity index (χ0n) is 17.5. The van der Waals surface area contributed by atoms with Crippen LogP contribution < -0.4 is 4.90 Å². The molecule has 0 unspecified atom stereocenters. The summed E-state index contributed by atoms with van der Waals surface area (Å²) in [4.78, 5) is 27.1. The van der Waals surface area contributed by atoms with Gasteiger partial charge >= 0.3 is 5.97 Å². The van der Waals surface area contributed by atoms with E-state index >= 15 is 0 Å². The maximum atomic E-state index is 13.0. The second kappa shape index (κ2) is 10.0. The standard InChI is InChI=1S/C22H31NO4S/c1-6-7-11-27-12-10-23(20(24)15-22(2,3)4)17-8-9-18-16(13-17)14-19(28-18)21(25)26-5/h8-9,13-14H,6-7,10-12,15H2,1-5H3. The first-order valence-electron chi connectivity index (χ1n) is 9.75. The molecular formula is C22H31NO4S. The molecule has 0 atom stereocenters. The highest BCUT2D eigenvalue weighted by Gasteiger charge is 2.23. The normalized spacial score (nSPS) is 11.6. The van der Waals surface area contributed by atoms with Crippen molar-refractivity contribution in [2.24, 2.45) is 5.41 Å². The third-order valence-corrected chi connectivity index (χ3v) is 5.38. The van der Waals surface area contributed by atoms with Gasteiger partial charge in [0.2, 0.25) is 5.91 Å². The average Bonchev–Trinajstić information content (AvgIpc) is 3.05. The number of rotatable bonds is 9. The van der Waals surface area contributed by atoms with E-state index in [4.69, 9.17) is 9.47 Å². The molecule has 1 amide bonds. The summed E-state index contributed by atoms with van der Waals surface area (Å²) in [7, 11) is 1.38. The number of thiophene rings is 1. The van der Waals surface area contributed by atoms with Crippen molar-refractivity contribution in [3.63, 3.8) is 0 Å². The number of carbonyl (C=O) groups is 2. The van der Waals surface area contributed by atoms with E-state index < -0.39 is 0 Å². The first-order chi connectivity index (χ1) is 13.2. The molecule has 0 aliphatic rings. The molecule has 5 nitrogen and oxygen atoms in total. The molecule has 0 aliphatic heterocycles. The van der Waals surface area contributed by atoms with Crippen LogP contribution in [0.15, 0.2) is 24.3 Å². The molecule has 0 fully saturated rings. The maximum Gasteiger partial charge on any atom is 0.348 e. The van der Waals surface area contributed by atoms with Crippen LogP contribution in [0.3, 0.4) is 0 Å². The third-order valence-electron chi connectivity index (χ3n) is 4.28. The van der Waals surface area contributed by atoms with Crippen LogP contribution in [-0.2, 0) is 14.3 Å². The SMILES string of the molecule is CCCCOCCN(C(=O)CC(C)(C)C)c1ccc2sc(C(=O)OC)cc2c1. The van der Waals surface area contributed by atoms with Crippen molar-refractivity contribution in [3.8, 4) is 0 Å². The number of nitrogens with zero attached hydrogens (tertiary/aromatic N) is 1. The van der Waals surface area contributed by atoms with E-state index in [9.17, 15) is 9.59 Å². The Morgan fingerprint density at radius 2 is 1.89 bits per heavy atom. The minimum absolute atomic E-state index is 0.0781. The highest BCUT2D eigenvalue weighted by molar-refractivity contribution is 7.20. The van der Waals surface area contributed by atoms with Crippen LogP contribution in [0.5, 0.6) is 0 Å². The molecule has 0 bridgehead atoms. The van der Waals surface area contributed by atoms with Gasteiger partial charge in [0.05, 0.1) is 13.7 Å². The predicted molar refractivity (Wildman–Crippen MR) is 115 cm³/mol. The van der Waals surface area contributed by atoms with Gasteiger partial charge in [0.25, 0.3) is 0 Å². The fraction of sp³-hybridized carbons (Fsp3) is 0.545. The van der Waals surface area contributed by atoms with Crippen LogP contribution >= 0.6 is 11.3 Å². The number of amides is 1. The zero-order valence-corrected chi connectivity index (χ0v) is 18.4. The highest BCUT2D eigenvalue weighted by atomic mass is 32.1. The number of anilines is 1. The van der Waals surface area contributed by atoms with Crippen LogP contribution in [0, 0.1) is 5.41 Å². The summed E-state index contributed by atoms with van der Waals surface area (Å²) in [5.41, 5.74) is 0.734. The van der Waals surface area contributed by atoms with Gasteiger partial charge in [-0.3, -0.25) is 4.79 Å². The second-order valence-electron chi connectivity index (χ2n) is 8.07. The van der Waals surface area contributed by atoms with Crippen molar-refractivity contribution >= 4 is 39.0 Å². The quantitative estimate of drug-likeness (QED) is 0.421. The maximum absolute atomic E-state index is 13.0. The Morgan fingerprint density at radius 1 is 1.14 bits per heavy atom. The Labute approximate surface area is 171 Å². The van der Waals surface area contributed by atoms with Crippen LogP contribution in [0.1, 0.15) is 56.6 Å². The van der Waals surface area contributed by atoms with E-state index in [0.717, 1.165) is 28.6 Å². The molecule has 0 radical (unpaired) electrons. The van der Waals surface area contributed by atoms with Crippen molar-refractivity contribution in [2.45, 2.75) is 47.0 Å². The molecule has 6 heteroatoms. The fourth-order valence-electron chi connectivity index (χ4n) is 2.85. The lowest BCUT2D eigenvalue weighted by Crippen LogP contribution is -2.36. The molecule has 0 aliphatic carbocycles. The van der Waals surface area contributed by atoms with E-state index in [1.165, 1.54) is 18.4 Å². The monoisotopic (exact) mass is 405 g/mol. The summed E-state index contributed by atoms with van der Waals surface area (Å²) in [5, 5.41) is 0.934. The topological polar surface area (TPSA) is 55.8 Å². The van der Waals surface area contributed by atoms with E-state index in [1.54, 1.807) is 4.90 Å². The van der Waals surface area contributed by atoms with Crippen molar-refractivity contribution in [1.82, 2.24) is 0 Å². The molecule has 1 aromatic carbocycles. The average molecular weight is 406 g/mol. The molecule has 0 spiro atoms. The Bertz CT molecular complexity index is 806. The number of benzene rings is 1. The number of carbonyl (C=O) groups excluding carboxylic acids is 2. The lowest BCUT2D eigenvalue weighted by atomic mass is 9.91. The Hall–Kier alpha value is -1.92. The fourth-order valence-corrected chi connectivity index (χ4v) is 3.81. The van der Waals surface area contributed by atoms with Gasteiger partial charge in [-0.25, -0.2) is 4.79 Å².